The second kappa shape index (κ2) is 3.26. The first-order valence-electron chi connectivity index (χ1n) is 3.80. The van der Waals surface area contributed by atoms with Gasteiger partial charge in [0, 0.05) is 27.8 Å². The third-order valence-corrected chi connectivity index (χ3v) is 2.62. The van der Waals surface area contributed by atoms with E-state index in [1.165, 1.54) is 0 Å². The Bertz CT molecular complexity index is 467. The minimum atomic E-state index is 0.680. The van der Waals surface area contributed by atoms with E-state index in [1.807, 2.05) is 18.2 Å². The first-order chi connectivity index (χ1) is 6.33. The number of hydrogen-bond donors (Lipinski definition) is 0. The quantitative estimate of drug-likeness (QED) is 0.712. The molecule has 13 heavy (non-hydrogen) atoms. The number of pyridine rings is 1. The van der Waals surface area contributed by atoms with E-state index >= 15 is 0 Å². The molecule has 0 aliphatic heterocycles. The zero-order valence-corrected chi connectivity index (χ0v) is 8.28. The number of carbonyl (C=O) groups excluding carboxylic acids is 1. The number of benzene rings is 1. The lowest BCUT2D eigenvalue weighted by Crippen LogP contribution is -1.85. The van der Waals surface area contributed by atoms with Gasteiger partial charge in [-0.1, -0.05) is 22.0 Å². The molecule has 2 aromatic rings. The van der Waals surface area contributed by atoms with Gasteiger partial charge in [-0.3, -0.25) is 9.78 Å². The Hall–Kier alpha value is -1.22. The molecule has 1 heterocycles. The fourth-order valence-electron chi connectivity index (χ4n) is 1.29. The van der Waals surface area contributed by atoms with E-state index in [1.54, 1.807) is 12.4 Å². The van der Waals surface area contributed by atoms with Crippen molar-refractivity contribution in [1.29, 1.82) is 0 Å². The monoisotopic (exact) mass is 235 g/mol. The summed E-state index contributed by atoms with van der Waals surface area (Å²) in [6, 6.07) is 5.62. The smallest absolute Gasteiger partial charge is 0.151 e. The number of carbonyl (C=O) groups is 1. The van der Waals surface area contributed by atoms with Crippen molar-refractivity contribution in [2.45, 2.75) is 0 Å². The van der Waals surface area contributed by atoms with Crippen LogP contribution in [0.25, 0.3) is 10.8 Å². The van der Waals surface area contributed by atoms with Gasteiger partial charge in [-0.05, 0) is 17.5 Å². The van der Waals surface area contributed by atoms with Crippen molar-refractivity contribution in [3.8, 4) is 0 Å². The number of hydrogen-bond acceptors (Lipinski definition) is 2. The third-order valence-electron chi connectivity index (χ3n) is 1.93. The van der Waals surface area contributed by atoms with Crippen molar-refractivity contribution >= 4 is 33.0 Å². The van der Waals surface area contributed by atoms with Crippen LogP contribution in [-0.2, 0) is 0 Å². The number of rotatable bonds is 1. The molecule has 0 unspecified atom stereocenters. The predicted molar refractivity (Wildman–Crippen MR) is 54.8 cm³/mol. The molecule has 0 N–H and O–H groups in total. The molecule has 0 atom stereocenters. The van der Waals surface area contributed by atoms with Crippen LogP contribution in [0.2, 0.25) is 0 Å². The van der Waals surface area contributed by atoms with Gasteiger partial charge in [0.05, 0.1) is 0 Å². The Morgan fingerprint density at radius 1 is 1.31 bits per heavy atom. The van der Waals surface area contributed by atoms with Crippen molar-refractivity contribution < 1.29 is 4.79 Å². The molecular formula is C10H6BrNO. The maximum atomic E-state index is 10.8. The Morgan fingerprint density at radius 3 is 2.92 bits per heavy atom. The topological polar surface area (TPSA) is 30.0 Å². The standard InChI is InChI=1S/C10H6BrNO/c11-10-2-1-7-5-12-4-3-8(7)9(10)6-13/h1-6H. The fourth-order valence-corrected chi connectivity index (χ4v) is 1.73. The molecule has 0 radical (unpaired) electrons. The van der Waals surface area contributed by atoms with Crippen LogP contribution in [0.4, 0.5) is 0 Å². The highest BCUT2D eigenvalue weighted by Gasteiger charge is 2.03. The first-order valence-corrected chi connectivity index (χ1v) is 4.59. The van der Waals surface area contributed by atoms with Crippen LogP contribution in [0.3, 0.4) is 0 Å². The van der Waals surface area contributed by atoms with Crippen molar-refractivity contribution in [1.82, 2.24) is 4.98 Å². The van der Waals surface area contributed by atoms with E-state index in [0.29, 0.717) is 5.56 Å². The van der Waals surface area contributed by atoms with Crippen molar-refractivity contribution in [3.05, 3.63) is 40.6 Å². The highest BCUT2D eigenvalue weighted by molar-refractivity contribution is 9.10. The molecular weight excluding hydrogens is 230 g/mol. The maximum absolute atomic E-state index is 10.8. The molecule has 64 valence electrons. The van der Waals surface area contributed by atoms with Crippen molar-refractivity contribution in [2.24, 2.45) is 0 Å². The Labute approximate surface area is 83.7 Å². The summed E-state index contributed by atoms with van der Waals surface area (Å²) in [6.07, 6.45) is 4.28. The number of fused-ring (bicyclic) bond motifs is 1. The summed E-state index contributed by atoms with van der Waals surface area (Å²) in [5, 5.41) is 1.91. The van der Waals surface area contributed by atoms with Crippen LogP contribution in [0, 0.1) is 0 Å². The fraction of sp³-hybridized carbons (Fsp3) is 0. The van der Waals surface area contributed by atoms with Gasteiger partial charge in [0.15, 0.2) is 6.29 Å². The normalized spacial score (nSPS) is 10.2. The van der Waals surface area contributed by atoms with Crippen molar-refractivity contribution in [2.75, 3.05) is 0 Å². The summed E-state index contributed by atoms with van der Waals surface area (Å²) in [5.74, 6) is 0. The van der Waals surface area contributed by atoms with Crippen molar-refractivity contribution in [3.63, 3.8) is 0 Å². The van der Waals surface area contributed by atoms with Crippen LogP contribution < -0.4 is 0 Å². The zero-order valence-electron chi connectivity index (χ0n) is 6.70. The SMILES string of the molecule is O=Cc1c(Br)ccc2cnccc12. The summed E-state index contributed by atoms with van der Waals surface area (Å²) in [6.45, 7) is 0. The Balaban J connectivity index is 2.91. The third kappa shape index (κ3) is 1.35. The van der Waals surface area contributed by atoms with Crippen LogP contribution in [-0.4, -0.2) is 11.3 Å². The van der Waals surface area contributed by atoms with E-state index in [9.17, 15) is 4.79 Å². The zero-order chi connectivity index (χ0) is 9.26. The number of aldehydes is 1. The second-order valence-electron chi connectivity index (χ2n) is 2.68. The van der Waals surface area contributed by atoms with Crippen LogP contribution in [0.5, 0.6) is 0 Å². The molecule has 0 saturated heterocycles. The van der Waals surface area contributed by atoms with E-state index in [4.69, 9.17) is 0 Å². The van der Waals surface area contributed by atoms with Gasteiger partial charge in [-0.2, -0.15) is 0 Å². The van der Waals surface area contributed by atoms with Crippen LogP contribution in [0.1, 0.15) is 10.4 Å². The molecule has 1 aromatic heterocycles. The van der Waals surface area contributed by atoms with Gasteiger partial charge in [0.25, 0.3) is 0 Å². The maximum Gasteiger partial charge on any atom is 0.151 e. The summed E-state index contributed by atoms with van der Waals surface area (Å²) in [4.78, 5) is 14.8. The van der Waals surface area contributed by atoms with Gasteiger partial charge >= 0.3 is 0 Å². The van der Waals surface area contributed by atoms with Gasteiger partial charge in [0.1, 0.15) is 0 Å². The Kier molecular flexibility index (Phi) is 2.10. The molecule has 3 heteroatoms. The van der Waals surface area contributed by atoms with Gasteiger partial charge in [-0.25, -0.2) is 0 Å². The molecule has 2 nitrogen and oxygen atoms in total. The second-order valence-corrected chi connectivity index (χ2v) is 3.53. The molecule has 1 aromatic carbocycles. The van der Waals surface area contributed by atoms with Gasteiger partial charge < -0.3 is 0 Å². The average molecular weight is 236 g/mol. The highest BCUT2D eigenvalue weighted by atomic mass is 79.9. The lowest BCUT2D eigenvalue weighted by Gasteiger charge is -2.01. The molecule has 0 amide bonds. The molecule has 0 spiro atoms. The van der Waals surface area contributed by atoms with E-state index < -0.39 is 0 Å². The van der Waals surface area contributed by atoms with E-state index in [2.05, 4.69) is 20.9 Å². The molecule has 0 aliphatic rings. The minimum Gasteiger partial charge on any atom is -0.298 e. The highest BCUT2D eigenvalue weighted by Crippen LogP contribution is 2.23. The van der Waals surface area contributed by atoms with Gasteiger partial charge in [0.2, 0.25) is 0 Å². The van der Waals surface area contributed by atoms with Crippen LogP contribution >= 0.6 is 15.9 Å². The lowest BCUT2D eigenvalue weighted by molar-refractivity contribution is 0.112. The molecule has 0 saturated carbocycles. The average Bonchev–Trinajstić information content (AvgIpc) is 2.18. The predicted octanol–water partition coefficient (Wildman–Crippen LogP) is 2.81. The van der Waals surface area contributed by atoms with E-state index in [-0.39, 0.29) is 0 Å². The van der Waals surface area contributed by atoms with Crippen LogP contribution in [0.15, 0.2) is 35.1 Å². The Morgan fingerprint density at radius 2 is 2.15 bits per heavy atom. The largest absolute Gasteiger partial charge is 0.298 e. The summed E-state index contributed by atoms with van der Waals surface area (Å²) >= 11 is 3.33. The summed E-state index contributed by atoms with van der Waals surface area (Å²) in [5.41, 5.74) is 0.680. The number of aromatic nitrogens is 1. The number of halogens is 1. The molecule has 0 fully saturated rings. The molecule has 2 rings (SSSR count). The summed E-state index contributed by atoms with van der Waals surface area (Å²) < 4.78 is 0.821. The number of nitrogens with zero attached hydrogens (tertiary/aromatic N) is 1. The van der Waals surface area contributed by atoms with Gasteiger partial charge in [-0.15, -0.1) is 0 Å². The minimum absolute atomic E-state index is 0.680. The molecule has 0 bridgehead atoms. The lowest BCUT2D eigenvalue weighted by atomic mass is 10.1. The van der Waals surface area contributed by atoms with E-state index in [0.717, 1.165) is 21.5 Å². The summed E-state index contributed by atoms with van der Waals surface area (Å²) in [7, 11) is 0. The first kappa shape index (κ1) is 8.38. The molecule has 0 aliphatic carbocycles.